The van der Waals surface area contributed by atoms with Crippen LogP contribution < -0.4 is 21.5 Å². The molecule has 24 heavy (non-hydrogen) atoms. The summed E-state index contributed by atoms with van der Waals surface area (Å²) in [5.41, 5.74) is 3.69. The van der Waals surface area contributed by atoms with E-state index < -0.39 is 0 Å². The van der Waals surface area contributed by atoms with Gasteiger partial charge in [0.1, 0.15) is 5.71 Å². The molecule has 0 aliphatic rings. The Morgan fingerprint density at radius 1 is 0.833 bits per heavy atom. The molecule has 0 bridgehead atoms. The highest BCUT2D eigenvalue weighted by molar-refractivity contribution is 6.12. The average Bonchev–Trinajstić information content (AvgIpc) is 2.63. The zero-order valence-corrected chi connectivity index (χ0v) is 14.8. The van der Waals surface area contributed by atoms with Gasteiger partial charge in [0.25, 0.3) is 0 Å². The summed E-state index contributed by atoms with van der Waals surface area (Å²) in [6.45, 7) is 0.880. The molecule has 0 saturated heterocycles. The number of hydrogen-bond acceptors (Lipinski definition) is 2. The van der Waals surface area contributed by atoms with Crippen LogP contribution in [0.5, 0.6) is 0 Å². The van der Waals surface area contributed by atoms with E-state index in [1.807, 2.05) is 60.9 Å². The van der Waals surface area contributed by atoms with Crippen LogP contribution in [-0.4, -0.2) is 10.9 Å². The maximum absolute atomic E-state index is 9.41. The third-order valence-electron chi connectivity index (χ3n) is 3.78. The molecule has 0 unspecified atom stereocenters. The Hall–Kier alpha value is -2.46. The topological polar surface area (TPSA) is 36.5 Å². The van der Waals surface area contributed by atoms with Crippen LogP contribution >= 0.6 is 0 Å². The fourth-order valence-electron chi connectivity index (χ4n) is 2.58. The van der Waals surface area contributed by atoms with Gasteiger partial charge in [0, 0.05) is 18.1 Å². The molecule has 122 valence electrons. The number of halogens is 1. The lowest BCUT2D eigenvalue weighted by Crippen LogP contribution is -3.00. The van der Waals surface area contributed by atoms with Gasteiger partial charge in [-0.15, -0.1) is 0 Å². The minimum absolute atomic E-state index is 0. The van der Waals surface area contributed by atoms with E-state index in [9.17, 15) is 5.21 Å². The summed E-state index contributed by atoms with van der Waals surface area (Å²) in [7, 11) is 0. The van der Waals surface area contributed by atoms with Crippen molar-refractivity contribution in [3.8, 4) is 0 Å². The van der Waals surface area contributed by atoms with E-state index in [-0.39, 0.29) is 17.0 Å². The lowest BCUT2D eigenvalue weighted by Gasteiger charge is -2.04. The number of aryl methyl sites for hydroxylation is 2. The molecule has 0 atom stereocenters. The van der Waals surface area contributed by atoms with E-state index in [1.165, 1.54) is 5.56 Å². The highest BCUT2D eigenvalue weighted by Crippen LogP contribution is 2.09. The van der Waals surface area contributed by atoms with Crippen molar-refractivity contribution >= 4 is 5.71 Å². The monoisotopic (exact) mass is 382 g/mol. The fraction of sp³-hybridized carbons (Fsp3) is 0.100. The summed E-state index contributed by atoms with van der Waals surface area (Å²) in [5, 5.41) is 12.9. The standard InChI is InChI=1S/C20H18N2O.BrH/c23-21-20(18-10-5-2-6-11-18)19-12-7-14-22(16-19)15-13-17-8-3-1-4-9-17;/h1-12,14,16H,13,15H2;1H/b21-20+;. The van der Waals surface area contributed by atoms with E-state index in [2.05, 4.69) is 34.0 Å². The largest absolute Gasteiger partial charge is 1.00 e. The summed E-state index contributed by atoms with van der Waals surface area (Å²) >= 11 is 0. The van der Waals surface area contributed by atoms with Crippen molar-refractivity contribution in [2.75, 3.05) is 0 Å². The second kappa shape index (κ2) is 8.99. The van der Waals surface area contributed by atoms with Crippen molar-refractivity contribution in [2.45, 2.75) is 13.0 Å². The van der Waals surface area contributed by atoms with E-state index in [0.717, 1.165) is 24.1 Å². The Labute approximate surface area is 152 Å². The van der Waals surface area contributed by atoms with Gasteiger partial charge in [0.2, 0.25) is 0 Å². The lowest BCUT2D eigenvalue weighted by atomic mass is 10.0. The number of aromatic nitrogens is 1. The molecule has 0 saturated carbocycles. The Morgan fingerprint density at radius 3 is 2.12 bits per heavy atom. The molecule has 1 aromatic heterocycles. The molecule has 2 aromatic carbocycles. The van der Waals surface area contributed by atoms with Crippen molar-refractivity contribution in [1.29, 1.82) is 0 Å². The smallest absolute Gasteiger partial charge is 0.178 e. The molecule has 0 fully saturated rings. The Balaban J connectivity index is 0.00000208. The van der Waals surface area contributed by atoms with Crippen LogP contribution in [0.4, 0.5) is 0 Å². The van der Waals surface area contributed by atoms with Crippen LogP contribution in [0, 0.1) is 0 Å². The average molecular weight is 383 g/mol. The molecular formula is C20H19BrN2O. The summed E-state index contributed by atoms with van der Waals surface area (Å²) in [5.74, 6) is 0. The molecule has 4 heteroatoms. The molecule has 0 spiro atoms. The number of hydrogen-bond donors (Lipinski definition) is 1. The number of nitrogens with zero attached hydrogens (tertiary/aromatic N) is 2. The summed E-state index contributed by atoms with van der Waals surface area (Å²) < 4.78 is 2.12. The second-order valence-corrected chi connectivity index (χ2v) is 5.38. The van der Waals surface area contributed by atoms with E-state index >= 15 is 0 Å². The SMILES string of the molecule is O/N=C(\c1ccccc1)c1ccc[n+](CCc2ccccc2)c1.[Br-]. The highest BCUT2D eigenvalue weighted by atomic mass is 79.9. The maximum Gasteiger partial charge on any atom is 0.178 e. The van der Waals surface area contributed by atoms with Gasteiger partial charge in [-0.05, 0) is 11.6 Å². The molecule has 1 heterocycles. The van der Waals surface area contributed by atoms with Gasteiger partial charge >= 0.3 is 0 Å². The van der Waals surface area contributed by atoms with Gasteiger partial charge in [0.05, 0.1) is 5.56 Å². The molecule has 0 aliphatic heterocycles. The molecule has 1 N–H and O–H groups in total. The van der Waals surface area contributed by atoms with Crippen LogP contribution in [0.3, 0.4) is 0 Å². The van der Waals surface area contributed by atoms with E-state index in [0.29, 0.717) is 5.71 Å². The van der Waals surface area contributed by atoms with Crippen LogP contribution in [0.2, 0.25) is 0 Å². The van der Waals surface area contributed by atoms with Crippen LogP contribution in [0.15, 0.2) is 90.3 Å². The highest BCUT2D eigenvalue weighted by Gasteiger charge is 2.11. The van der Waals surface area contributed by atoms with Crippen molar-refractivity contribution in [1.82, 2.24) is 0 Å². The van der Waals surface area contributed by atoms with Crippen LogP contribution in [-0.2, 0) is 13.0 Å². The first kappa shape index (κ1) is 17.9. The van der Waals surface area contributed by atoms with Crippen molar-refractivity contribution in [3.05, 3.63) is 102 Å². The molecule has 3 nitrogen and oxygen atoms in total. The summed E-state index contributed by atoms with van der Waals surface area (Å²) in [6.07, 6.45) is 5.02. The predicted molar refractivity (Wildman–Crippen MR) is 90.7 cm³/mol. The molecule has 0 radical (unpaired) electrons. The predicted octanol–water partition coefficient (Wildman–Crippen LogP) is 0.447. The van der Waals surface area contributed by atoms with Gasteiger partial charge in [0.15, 0.2) is 18.9 Å². The van der Waals surface area contributed by atoms with Crippen molar-refractivity contribution < 1.29 is 26.8 Å². The minimum atomic E-state index is 0. The summed E-state index contributed by atoms with van der Waals surface area (Å²) in [6, 6.07) is 24.1. The Bertz CT molecular complexity index is 789. The normalized spacial score (nSPS) is 10.9. The van der Waals surface area contributed by atoms with Gasteiger partial charge < -0.3 is 22.2 Å². The van der Waals surface area contributed by atoms with Gasteiger partial charge in [-0.3, -0.25) is 0 Å². The Kier molecular flexibility index (Phi) is 6.70. The molecule has 3 rings (SSSR count). The molecular weight excluding hydrogens is 364 g/mol. The fourth-order valence-corrected chi connectivity index (χ4v) is 2.58. The quantitative estimate of drug-likeness (QED) is 0.295. The van der Waals surface area contributed by atoms with Gasteiger partial charge in [-0.1, -0.05) is 65.8 Å². The van der Waals surface area contributed by atoms with Crippen LogP contribution in [0.1, 0.15) is 16.7 Å². The number of oxime groups is 1. The zero-order chi connectivity index (χ0) is 15.9. The van der Waals surface area contributed by atoms with E-state index in [4.69, 9.17) is 0 Å². The lowest BCUT2D eigenvalue weighted by molar-refractivity contribution is -0.696. The molecule has 0 amide bonds. The van der Waals surface area contributed by atoms with Crippen molar-refractivity contribution in [2.24, 2.45) is 5.16 Å². The first-order valence-electron chi connectivity index (χ1n) is 7.68. The first-order chi connectivity index (χ1) is 11.4. The molecule has 0 aliphatic carbocycles. The Morgan fingerprint density at radius 2 is 1.46 bits per heavy atom. The van der Waals surface area contributed by atoms with Gasteiger partial charge in [-0.25, -0.2) is 4.57 Å². The first-order valence-corrected chi connectivity index (χ1v) is 7.68. The third-order valence-corrected chi connectivity index (χ3v) is 3.78. The number of benzene rings is 2. The third kappa shape index (κ3) is 4.52. The zero-order valence-electron chi connectivity index (χ0n) is 13.2. The maximum atomic E-state index is 9.41. The van der Waals surface area contributed by atoms with Gasteiger partial charge in [-0.2, -0.15) is 0 Å². The number of pyridine rings is 1. The van der Waals surface area contributed by atoms with Crippen molar-refractivity contribution in [3.63, 3.8) is 0 Å². The van der Waals surface area contributed by atoms with E-state index in [1.54, 1.807) is 0 Å². The second-order valence-electron chi connectivity index (χ2n) is 5.38. The van der Waals surface area contributed by atoms with Crippen LogP contribution in [0.25, 0.3) is 0 Å². The molecule has 3 aromatic rings. The summed E-state index contributed by atoms with van der Waals surface area (Å²) in [4.78, 5) is 0. The minimum Gasteiger partial charge on any atom is -1.00 e. The number of rotatable bonds is 5.